The number of carbonyl (C=O) groups is 1. The van der Waals surface area contributed by atoms with Crippen LogP contribution in [0.15, 0.2) is 24.3 Å². The summed E-state index contributed by atoms with van der Waals surface area (Å²) in [7, 11) is 0. The van der Waals surface area contributed by atoms with E-state index < -0.39 is 0 Å². The first-order valence-electron chi connectivity index (χ1n) is 9.20. The highest BCUT2D eigenvalue weighted by atomic mass is 35.5. The van der Waals surface area contributed by atoms with Crippen LogP contribution in [0.4, 0.5) is 0 Å². The average Bonchev–Trinajstić information content (AvgIpc) is 3.20. The van der Waals surface area contributed by atoms with Gasteiger partial charge in [-0.1, -0.05) is 31.0 Å². The predicted molar refractivity (Wildman–Crippen MR) is 105 cm³/mol. The molecule has 0 amide bonds. The van der Waals surface area contributed by atoms with Gasteiger partial charge in [-0.05, 0) is 37.1 Å². The molecule has 0 bridgehead atoms. The molecule has 0 fully saturated rings. The molecule has 7 heteroatoms. The molecule has 0 saturated heterocycles. The second-order valence-corrected chi connectivity index (χ2v) is 6.80. The van der Waals surface area contributed by atoms with Crippen LogP contribution in [0.1, 0.15) is 54.3 Å². The monoisotopic (exact) mass is 389 g/mol. The summed E-state index contributed by atoms with van der Waals surface area (Å²) >= 11 is 6.21. The van der Waals surface area contributed by atoms with E-state index >= 15 is 0 Å². The third-order valence-electron chi connectivity index (χ3n) is 4.53. The zero-order valence-corrected chi connectivity index (χ0v) is 16.3. The maximum absolute atomic E-state index is 11.9. The summed E-state index contributed by atoms with van der Waals surface area (Å²) in [6.45, 7) is 4.65. The number of fused-ring (bicyclic) bond motifs is 1. The molecule has 0 aliphatic rings. The number of benzene rings is 1. The minimum Gasteiger partial charge on any atom is -0.461 e. The molecule has 6 nitrogen and oxygen atoms in total. The lowest BCUT2D eigenvalue weighted by Gasteiger charge is -2.11. The Labute approximate surface area is 163 Å². The van der Waals surface area contributed by atoms with Crippen LogP contribution in [0.2, 0.25) is 5.15 Å². The van der Waals surface area contributed by atoms with Crippen molar-refractivity contribution in [2.24, 2.45) is 0 Å². The van der Waals surface area contributed by atoms with Crippen molar-refractivity contribution >= 4 is 28.5 Å². The third-order valence-corrected chi connectivity index (χ3v) is 4.83. The highest BCUT2D eigenvalue weighted by Gasteiger charge is 2.16. The molecule has 0 radical (unpaired) electrons. The van der Waals surface area contributed by atoms with E-state index in [1.165, 1.54) is 0 Å². The van der Waals surface area contributed by atoms with Gasteiger partial charge in [0, 0.05) is 23.9 Å². The molecule has 0 aliphatic carbocycles. The number of halogens is 1. The number of imidazole rings is 1. The van der Waals surface area contributed by atoms with Gasteiger partial charge in [-0.25, -0.2) is 9.78 Å². The minimum atomic E-state index is -0.360. The number of ether oxygens (including phenoxy) is 1. The lowest BCUT2D eigenvalue weighted by atomic mass is 10.1. The number of aromatic amines is 1. The molecule has 0 saturated carbocycles. The minimum absolute atomic E-state index is 0.155. The molecule has 3 rings (SSSR count). The van der Waals surface area contributed by atoms with Crippen LogP contribution in [0.25, 0.3) is 10.9 Å². The van der Waals surface area contributed by atoms with Gasteiger partial charge in [-0.2, -0.15) is 0 Å². The largest absolute Gasteiger partial charge is 0.461 e. The number of unbranched alkanes of at least 4 members (excludes halogenated alkanes) is 1. The van der Waals surface area contributed by atoms with Crippen molar-refractivity contribution in [3.8, 4) is 0 Å². The van der Waals surface area contributed by atoms with Gasteiger partial charge in [-0.15, -0.1) is 0 Å². The normalized spacial score (nSPS) is 11.3. The van der Waals surface area contributed by atoms with E-state index in [1.54, 1.807) is 13.0 Å². The van der Waals surface area contributed by atoms with Crippen LogP contribution in [0.3, 0.4) is 0 Å². The number of aromatic nitrogens is 3. The second-order valence-electron chi connectivity index (χ2n) is 6.44. The molecule has 2 heterocycles. The van der Waals surface area contributed by atoms with Crippen LogP contribution < -0.4 is 0 Å². The Hall–Kier alpha value is -2.31. The molecule has 0 atom stereocenters. The molecule has 2 N–H and O–H groups in total. The predicted octanol–water partition coefficient (Wildman–Crippen LogP) is 4.08. The van der Waals surface area contributed by atoms with Crippen LogP contribution in [0, 0.1) is 0 Å². The van der Waals surface area contributed by atoms with Crippen molar-refractivity contribution in [1.29, 1.82) is 0 Å². The van der Waals surface area contributed by atoms with E-state index in [0.29, 0.717) is 29.7 Å². The Morgan fingerprint density at radius 3 is 2.85 bits per heavy atom. The molecule has 1 aromatic carbocycles. The summed E-state index contributed by atoms with van der Waals surface area (Å²) < 4.78 is 7.03. The number of rotatable bonds is 8. The van der Waals surface area contributed by atoms with Crippen molar-refractivity contribution in [3.63, 3.8) is 0 Å². The van der Waals surface area contributed by atoms with Gasteiger partial charge in [0.1, 0.15) is 11.5 Å². The molecular formula is C20H24ClN3O3. The number of nitrogens with zero attached hydrogens (tertiary/aromatic N) is 2. The summed E-state index contributed by atoms with van der Waals surface area (Å²) in [6.07, 6.45) is 2.89. The smallest absolute Gasteiger partial charge is 0.354 e. The molecule has 0 aliphatic heterocycles. The number of nitrogens with one attached hydrogen (secondary N) is 1. The van der Waals surface area contributed by atoms with Crippen molar-refractivity contribution in [1.82, 2.24) is 14.5 Å². The first-order chi connectivity index (χ1) is 13.1. The first-order valence-corrected chi connectivity index (χ1v) is 9.58. The summed E-state index contributed by atoms with van der Waals surface area (Å²) in [5, 5.41) is 11.0. The fourth-order valence-corrected chi connectivity index (χ4v) is 3.41. The Morgan fingerprint density at radius 1 is 1.33 bits per heavy atom. The van der Waals surface area contributed by atoms with Gasteiger partial charge < -0.3 is 19.4 Å². The van der Waals surface area contributed by atoms with Gasteiger partial charge in [0.2, 0.25) is 0 Å². The van der Waals surface area contributed by atoms with Crippen molar-refractivity contribution in [3.05, 3.63) is 52.2 Å². The standard InChI is InChI=1S/C20H24ClN3O3/c1-3-5-6-18-23-19(21)17(12-25)24(18)11-13-7-8-15-14(9-13)10-16(22-15)20(26)27-4-2/h7-10,22,25H,3-6,11-12H2,1-2H3. The second kappa shape index (κ2) is 8.59. The van der Waals surface area contributed by atoms with Crippen LogP contribution >= 0.6 is 11.6 Å². The summed E-state index contributed by atoms with van der Waals surface area (Å²) in [6, 6.07) is 7.75. The maximum Gasteiger partial charge on any atom is 0.354 e. The topological polar surface area (TPSA) is 80.1 Å². The Balaban J connectivity index is 1.91. The first kappa shape index (κ1) is 19.5. The van der Waals surface area contributed by atoms with Gasteiger partial charge in [0.05, 0.1) is 18.9 Å². The maximum atomic E-state index is 11.9. The van der Waals surface area contributed by atoms with Gasteiger partial charge in [0.25, 0.3) is 0 Å². The number of aliphatic hydroxyl groups is 1. The zero-order valence-electron chi connectivity index (χ0n) is 15.6. The quantitative estimate of drug-likeness (QED) is 0.569. The third kappa shape index (κ3) is 4.17. The lowest BCUT2D eigenvalue weighted by Crippen LogP contribution is -2.09. The summed E-state index contributed by atoms with van der Waals surface area (Å²) in [5.74, 6) is 0.522. The molecule has 144 valence electrons. The summed E-state index contributed by atoms with van der Waals surface area (Å²) in [4.78, 5) is 19.4. The van der Waals surface area contributed by atoms with E-state index in [9.17, 15) is 9.90 Å². The van der Waals surface area contributed by atoms with Crippen LogP contribution in [-0.2, 0) is 24.3 Å². The molecular weight excluding hydrogens is 366 g/mol. The van der Waals surface area contributed by atoms with Crippen molar-refractivity contribution in [2.75, 3.05) is 6.61 Å². The summed E-state index contributed by atoms with van der Waals surface area (Å²) in [5.41, 5.74) is 2.98. The van der Waals surface area contributed by atoms with E-state index in [0.717, 1.165) is 41.6 Å². The fourth-order valence-electron chi connectivity index (χ4n) is 3.15. The zero-order chi connectivity index (χ0) is 19.4. The number of carbonyl (C=O) groups excluding carboxylic acids is 1. The number of hydrogen-bond acceptors (Lipinski definition) is 4. The van der Waals surface area contributed by atoms with Gasteiger partial charge in [-0.3, -0.25) is 0 Å². The molecule has 27 heavy (non-hydrogen) atoms. The van der Waals surface area contributed by atoms with Crippen molar-refractivity contribution in [2.45, 2.75) is 46.3 Å². The number of hydrogen-bond donors (Lipinski definition) is 2. The molecule has 3 aromatic rings. The fraction of sp³-hybridized carbons (Fsp3) is 0.400. The number of aliphatic hydroxyl groups excluding tert-OH is 1. The van der Waals surface area contributed by atoms with Crippen LogP contribution in [0.5, 0.6) is 0 Å². The Bertz CT molecular complexity index is 945. The number of esters is 1. The number of H-pyrrole nitrogens is 1. The van der Waals surface area contributed by atoms with Gasteiger partial charge >= 0.3 is 5.97 Å². The van der Waals surface area contributed by atoms with E-state index in [4.69, 9.17) is 16.3 Å². The van der Waals surface area contributed by atoms with E-state index in [2.05, 4.69) is 16.9 Å². The van der Waals surface area contributed by atoms with Crippen LogP contribution in [-0.4, -0.2) is 32.2 Å². The molecule has 0 unspecified atom stereocenters. The highest BCUT2D eigenvalue weighted by Crippen LogP contribution is 2.23. The van der Waals surface area contributed by atoms with E-state index in [1.807, 2.05) is 22.8 Å². The SMILES string of the molecule is CCCCc1nc(Cl)c(CO)n1Cc1ccc2[nH]c(C(=O)OCC)cc2c1. The average molecular weight is 390 g/mol. The van der Waals surface area contributed by atoms with Crippen molar-refractivity contribution < 1.29 is 14.6 Å². The Kier molecular flexibility index (Phi) is 6.19. The van der Waals surface area contributed by atoms with E-state index in [-0.39, 0.29) is 12.6 Å². The van der Waals surface area contributed by atoms with Gasteiger partial charge in [0.15, 0.2) is 5.15 Å². The molecule has 2 aromatic heterocycles. The highest BCUT2D eigenvalue weighted by molar-refractivity contribution is 6.30. The number of aryl methyl sites for hydroxylation is 1. The lowest BCUT2D eigenvalue weighted by molar-refractivity contribution is 0.0520. The molecule has 0 spiro atoms. The Morgan fingerprint density at radius 2 is 2.15 bits per heavy atom.